The van der Waals surface area contributed by atoms with Gasteiger partial charge >= 0.3 is 0 Å². The maximum Gasteiger partial charge on any atom is 0.240 e. The summed E-state index contributed by atoms with van der Waals surface area (Å²) in [7, 11) is -3.56. The van der Waals surface area contributed by atoms with Gasteiger partial charge in [0.1, 0.15) is 5.75 Å². The van der Waals surface area contributed by atoms with E-state index in [0.29, 0.717) is 0 Å². The molecule has 0 amide bonds. The van der Waals surface area contributed by atoms with E-state index >= 15 is 0 Å². The van der Waals surface area contributed by atoms with E-state index in [1.54, 1.807) is 24.5 Å². The molecule has 1 heterocycles. The van der Waals surface area contributed by atoms with E-state index in [2.05, 4.69) is 9.71 Å². The number of hydrogen-bond acceptors (Lipinski definition) is 4. The fraction of sp³-hybridized carbons (Fsp3) is 0.0833. The molecule has 2 rings (SSSR count). The van der Waals surface area contributed by atoms with E-state index in [0.717, 1.165) is 5.56 Å². The summed E-state index contributed by atoms with van der Waals surface area (Å²) in [5, 5.41) is 9.11. The van der Waals surface area contributed by atoms with Crippen LogP contribution in [-0.2, 0) is 16.6 Å². The van der Waals surface area contributed by atoms with E-state index in [4.69, 9.17) is 5.11 Å². The maximum absolute atomic E-state index is 11.9. The van der Waals surface area contributed by atoms with Gasteiger partial charge in [-0.1, -0.05) is 6.07 Å². The largest absolute Gasteiger partial charge is 0.508 e. The smallest absolute Gasteiger partial charge is 0.240 e. The number of nitrogens with one attached hydrogen (secondary N) is 1. The molecule has 0 spiro atoms. The van der Waals surface area contributed by atoms with Crippen molar-refractivity contribution in [2.45, 2.75) is 11.4 Å². The lowest BCUT2D eigenvalue weighted by Crippen LogP contribution is -2.23. The van der Waals surface area contributed by atoms with E-state index in [9.17, 15) is 8.42 Å². The molecule has 0 saturated heterocycles. The van der Waals surface area contributed by atoms with E-state index in [1.807, 2.05) is 0 Å². The first-order valence-corrected chi connectivity index (χ1v) is 6.74. The third kappa shape index (κ3) is 3.06. The van der Waals surface area contributed by atoms with Gasteiger partial charge in [-0.2, -0.15) is 0 Å². The molecule has 2 N–H and O–H groups in total. The molecule has 2 aromatic rings. The van der Waals surface area contributed by atoms with Crippen molar-refractivity contribution < 1.29 is 13.5 Å². The molecule has 0 fully saturated rings. The summed E-state index contributed by atoms with van der Waals surface area (Å²) in [6.45, 7) is 0.178. The lowest BCUT2D eigenvalue weighted by Gasteiger charge is -2.06. The van der Waals surface area contributed by atoms with Crippen molar-refractivity contribution in [1.29, 1.82) is 0 Å². The summed E-state index contributed by atoms with van der Waals surface area (Å²) in [5.41, 5.74) is 0.778. The molecule has 94 valence electrons. The number of aromatic hydroxyl groups is 1. The molecule has 0 aliphatic carbocycles. The fourth-order valence-corrected chi connectivity index (χ4v) is 2.41. The molecular weight excluding hydrogens is 252 g/mol. The number of aromatic nitrogens is 1. The number of nitrogens with zero attached hydrogens (tertiary/aromatic N) is 1. The molecule has 6 heteroatoms. The van der Waals surface area contributed by atoms with Crippen LogP contribution < -0.4 is 4.72 Å². The topological polar surface area (TPSA) is 79.3 Å². The number of benzene rings is 1. The van der Waals surface area contributed by atoms with Crippen molar-refractivity contribution in [2.75, 3.05) is 0 Å². The summed E-state index contributed by atoms with van der Waals surface area (Å²) in [6.07, 6.45) is 3.22. The second-order valence-electron chi connectivity index (χ2n) is 3.68. The van der Waals surface area contributed by atoms with E-state index < -0.39 is 10.0 Å². The Bertz CT molecular complexity index is 610. The monoisotopic (exact) mass is 264 g/mol. The number of phenols is 1. The molecule has 18 heavy (non-hydrogen) atoms. The number of pyridine rings is 1. The standard InChI is InChI=1S/C12H12N2O3S/c15-11-3-5-12(6-4-11)18(16,17)14-9-10-2-1-7-13-8-10/h1-8,14-15H,9H2. The second-order valence-corrected chi connectivity index (χ2v) is 5.45. The predicted octanol–water partition coefficient (Wildman–Crippen LogP) is 1.27. The SMILES string of the molecule is O=S(=O)(NCc1cccnc1)c1ccc(O)cc1. The third-order valence-electron chi connectivity index (χ3n) is 2.34. The molecule has 1 aromatic carbocycles. The van der Waals surface area contributed by atoms with Crippen LogP contribution in [0.5, 0.6) is 5.75 Å². The third-order valence-corrected chi connectivity index (χ3v) is 3.75. The van der Waals surface area contributed by atoms with Crippen LogP contribution in [0.4, 0.5) is 0 Å². The molecule has 0 aliphatic heterocycles. The Hall–Kier alpha value is -1.92. The van der Waals surface area contributed by atoms with Crippen molar-refractivity contribution >= 4 is 10.0 Å². The van der Waals surface area contributed by atoms with Gasteiger partial charge < -0.3 is 5.11 Å². The molecule has 0 atom stereocenters. The lowest BCUT2D eigenvalue weighted by molar-refractivity contribution is 0.474. The van der Waals surface area contributed by atoms with Gasteiger partial charge in [0.05, 0.1) is 4.90 Å². The Morgan fingerprint density at radius 3 is 2.50 bits per heavy atom. The molecule has 0 saturated carbocycles. The maximum atomic E-state index is 11.9. The summed E-state index contributed by atoms with van der Waals surface area (Å²) < 4.78 is 26.3. The predicted molar refractivity (Wildman–Crippen MR) is 66.4 cm³/mol. The van der Waals surface area contributed by atoms with Crippen LogP contribution in [0.3, 0.4) is 0 Å². The van der Waals surface area contributed by atoms with Crippen LogP contribution in [0, 0.1) is 0 Å². The highest BCUT2D eigenvalue weighted by atomic mass is 32.2. The first-order valence-electron chi connectivity index (χ1n) is 5.25. The van der Waals surface area contributed by atoms with Crippen LogP contribution in [-0.4, -0.2) is 18.5 Å². The van der Waals surface area contributed by atoms with Crippen molar-refractivity contribution in [3.05, 3.63) is 54.4 Å². The molecule has 0 radical (unpaired) electrons. The van der Waals surface area contributed by atoms with Crippen molar-refractivity contribution in [3.63, 3.8) is 0 Å². The van der Waals surface area contributed by atoms with Crippen LogP contribution in [0.25, 0.3) is 0 Å². The van der Waals surface area contributed by atoms with Crippen LogP contribution in [0.2, 0.25) is 0 Å². The zero-order valence-corrected chi connectivity index (χ0v) is 10.3. The number of rotatable bonds is 4. The fourth-order valence-electron chi connectivity index (χ4n) is 1.39. The summed E-state index contributed by atoms with van der Waals surface area (Å²) >= 11 is 0. The van der Waals surface area contributed by atoms with Crippen LogP contribution >= 0.6 is 0 Å². The first-order chi connectivity index (χ1) is 8.58. The van der Waals surface area contributed by atoms with Gasteiger partial charge in [-0.15, -0.1) is 0 Å². The van der Waals surface area contributed by atoms with Gasteiger partial charge in [-0.25, -0.2) is 13.1 Å². The minimum Gasteiger partial charge on any atom is -0.508 e. The first kappa shape index (κ1) is 12.5. The summed E-state index contributed by atoms with van der Waals surface area (Å²) in [5.74, 6) is 0.0289. The lowest BCUT2D eigenvalue weighted by atomic mass is 10.3. The van der Waals surface area contributed by atoms with Gasteiger partial charge in [-0.3, -0.25) is 4.98 Å². The van der Waals surface area contributed by atoms with Crippen molar-refractivity contribution in [3.8, 4) is 5.75 Å². The highest BCUT2D eigenvalue weighted by Gasteiger charge is 2.13. The van der Waals surface area contributed by atoms with Crippen LogP contribution in [0.1, 0.15) is 5.56 Å². The summed E-state index contributed by atoms with van der Waals surface area (Å²) in [6, 6.07) is 8.88. The average molecular weight is 264 g/mol. The highest BCUT2D eigenvalue weighted by molar-refractivity contribution is 7.89. The van der Waals surface area contributed by atoms with E-state index in [1.165, 1.54) is 24.3 Å². The zero-order valence-electron chi connectivity index (χ0n) is 9.45. The van der Waals surface area contributed by atoms with Crippen molar-refractivity contribution in [1.82, 2.24) is 9.71 Å². The zero-order chi connectivity index (χ0) is 13.0. The molecule has 0 unspecified atom stereocenters. The molecule has 1 aromatic heterocycles. The Kier molecular flexibility index (Phi) is 3.59. The van der Waals surface area contributed by atoms with Crippen LogP contribution in [0.15, 0.2) is 53.7 Å². The quantitative estimate of drug-likeness (QED) is 0.871. The molecule has 0 aliphatic rings. The molecule has 5 nitrogen and oxygen atoms in total. The minimum absolute atomic E-state index is 0.0289. The van der Waals surface area contributed by atoms with Gasteiger partial charge in [-0.05, 0) is 35.9 Å². The minimum atomic E-state index is -3.56. The molecular formula is C12H12N2O3S. The van der Waals surface area contributed by atoms with Gasteiger partial charge in [0, 0.05) is 18.9 Å². The van der Waals surface area contributed by atoms with Gasteiger partial charge in [0.2, 0.25) is 10.0 Å². The Balaban J connectivity index is 2.11. The van der Waals surface area contributed by atoms with Crippen molar-refractivity contribution in [2.24, 2.45) is 0 Å². The highest BCUT2D eigenvalue weighted by Crippen LogP contribution is 2.14. The number of phenolic OH excluding ortho intramolecular Hbond substituents is 1. The van der Waals surface area contributed by atoms with Gasteiger partial charge in [0.25, 0.3) is 0 Å². The Morgan fingerprint density at radius 2 is 1.89 bits per heavy atom. The summed E-state index contributed by atoms with van der Waals surface area (Å²) in [4.78, 5) is 4.02. The normalized spacial score (nSPS) is 11.3. The second kappa shape index (κ2) is 5.16. The molecule has 0 bridgehead atoms. The van der Waals surface area contributed by atoms with E-state index in [-0.39, 0.29) is 17.2 Å². The Morgan fingerprint density at radius 1 is 1.17 bits per heavy atom. The number of hydrogen-bond donors (Lipinski definition) is 2. The van der Waals surface area contributed by atoms with Gasteiger partial charge in [0.15, 0.2) is 0 Å². The average Bonchev–Trinajstić information content (AvgIpc) is 2.38. The number of sulfonamides is 1. The Labute approximate surface area is 105 Å².